The zero-order chi connectivity index (χ0) is 11.1. The van der Waals surface area contributed by atoms with Crippen molar-refractivity contribution < 1.29 is 0 Å². The van der Waals surface area contributed by atoms with Gasteiger partial charge in [-0.05, 0) is 0 Å². The molecular formula is C11H16N4. The lowest BCUT2D eigenvalue weighted by Gasteiger charge is -2.20. The lowest BCUT2D eigenvalue weighted by molar-refractivity contribution is 0.524. The van der Waals surface area contributed by atoms with Gasteiger partial charge >= 0.3 is 0 Å². The number of aromatic amines is 1. The molecule has 0 unspecified atom stereocenters. The van der Waals surface area contributed by atoms with Crippen LogP contribution in [-0.4, -0.2) is 20.0 Å². The molecule has 0 fully saturated rings. The lowest BCUT2D eigenvalue weighted by atomic mass is 9.88. The topological polar surface area (TPSA) is 46.5 Å². The molecule has 4 heteroatoms. The van der Waals surface area contributed by atoms with E-state index in [-0.39, 0.29) is 5.41 Å². The van der Waals surface area contributed by atoms with Gasteiger partial charge in [0.05, 0.1) is 18.1 Å². The lowest BCUT2D eigenvalue weighted by Crippen LogP contribution is -2.17. The zero-order valence-corrected chi connectivity index (χ0v) is 9.57. The highest BCUT2D eigenvalue weighted by molar-refractivity contribution is 5.65. The molecule has 2 aromatic rings. The Morgan fingerprint density at radius 1 is 1.27 bits per heavy atom. The normalized spacial score (nSPS) is 12.0. The van der Waals surface area contributed by atoms with E-state index in [9.17, 15) is 0 Å². The maximum Gasteiger partial charge on any atom is 0.0572 e. The van der Waals surface area contributed by atoms with Crippen LogP contribution in [0.3, 0.4) is 0 Å². The van der Waals surface area contributed by atoms with E-state index in [1.165, 1.54) is 5.69 Å². The van der Waals surface area contributed by atoms with Crippen LogP contribution in [0.4, 0.5) is 0 Å². The van der Waals surface area contributed by atoms with Gasteiger partial charge in [0.25, 0.3) is 0 Å². The van der Waals surface area contributed by atoms with Crippen molar-refractivity contribution in [2.75, 3.05) is 0 Å². The Balaban J connectivity index is 2.59. The Labute approximate surface area is 89.3 Å². The van der Waals surface area contributed by atoms with Crippen molar-refractivity contribution in [2.45, 2.75) is 26.2 Å². The summed E-state index contributed by atoms with van der Waals surface area (Å²) >= 11 is 0. The summed E-state index contributed by atoms with van der Waals surface area (Å²) in [4.78, 5) is 0. The number of H-pyrrole nitrogens is 1. The number of hydrogen-bond acceptors (Lipinski definition) is 2. The largest absolute Gasteiger partial charge is 0.285 e. The molecule has 2 rings (SSSR count). The summed E-state index contributed by atoms with van der Waals surface area (Å²) in [6.45, 7) is 6.56. The van der Waals surface area contributed by atoms with Crippen LogP contribution in [0, 0.1) is 0 Å². The second kappa shape index (κ2) is 3.22. The van der Waals surface area contributed by atoms with Gasteiger partial charge in [0.2, 0.25) is 0 Å². The van der Waals surface area contributed by atoms with E-state index in [4.69, 9.17) is 0 Å². The van der Waals surface area contributed by atoms with Crippen LogP contribution in [-0.2, 0) is 12.5 Å². The predicted octanol–water partition coefficient (Wildman–Crippen LogP) is 2.11. The van der Waals surface area contributed by atoms with Gasteiger partial charge in [-0.3, -0.25) is 9.78 Å². The Morgan fingerprint density at radius 3 is 2.53 bits per heavy atom. The van der Waals surface area contributed by atoms with Crippen molar-refractivity contribution in [1.82, 2.24) is 20.0 Å². The summed E-state index contributed by atoms with van der Waals surface area (Å²) in [6, 6.07) is 0. The molecule has 0 spiro atoms. The Hall–Kier alpha value is -1.58. The number of nitrogens with one attached hydrogen (secondary N) is 1. The fourth-order valence-corrected chi connectivity index (χ4v) is 1.94. The van der Waals surface area contributed by atoms with Crippen LogP contribution in [0.25, 0.3) is 11.1 Å². The number of aromatic nitrogens is 4. The third-order valence-electron chi connectivity index (χ3n) is 2.46. The van der Waals surface area contributed by atoms with Crippen LogP contribution in [0.2, 0.25) is 0 Å². The van der Waals surface area contributed by atoms with E-state index in [0.717, 1.165) is 11.1 Å². The third-order valence-corrected chi connectivity index (χ3v) is 2.46. The van der Waals surface area contributed by atoms with Crippen molar-refractivity contribution >= 4 is 0 Å². The molecule has 2 heterocycles. The molecule has 0 amide bonds. The molecule has 4 nitrogen and oxygen atoms in total. The first kappa shape index (κ1) is 9.96. The molecule has 2 aromatic heterocycles. The van der Waals surface area contributed by atoms with Gasteiger partial charge in [0.15, 0.2) is 0 Å². The fourth-order valence-electron chi connectivity index (χ4n) is 1.94. The fraction of sp³-hybridized carbons (Fsp3) is 0.455. The molecule has 0 bridgehead atoms. The quantitative estimate of drug-likeness (QED) is 0.773. The standard InChI is InChI=1S/C11H16N4/c1-11(2,3)10-9(7-14-15(10)4)8-5-12-13-6-8/h5-7H,1-4H3,(H,12,13). The van der Waals surface area contributed by atoms with Crippen molar-refractivity contribution in [2.24, 2.45) is 7.05 Å². The molecule has 0 saturated carbocycles. The average Bonchev–Trinajstić information content (AvgIpc) is 2.68. The van der Waals surface area contributed by atoms with Crippen LogP contribution < -0.4 is 0 Å². The van der Waals surface area contributed by atoms with Crippen molar-refractivity contribution in [3.8, 4) is 11.1 Å². The molecule has 1 N–H and O–H groups in total. The first-order valence-corrected chi connectivity index (χ1v) is 5.02. The second-order valence-electron chi connectivity index (χ2n) is 4.77. The van der Waals surface area contributed by atoms with E-state index < -0.39 is 0 Å². The van der Waals surface area contributed by atoms with E-state index in [1.807, 2.05) is 30.3 Å². The maximum atomic E-state index is 4.31. The number of rotatable bonds is 1. The molecule has 15 heavy (non-hydrogen) atoms. The van der Waals surface area contributed by atoms with Crippen LogP contribution in [0.1, 0.15) is 26.5 Å². The van der Waals surface area contributed by atoms with Crippen molar-refractivity contribution in [1.29, 1.82) is 0 Å². The summed E-state index contributed by atoms with van der Waals surface area (Å²) in [7, 11) is 1.98. The van der Waals surface area contributed by atoms with Crippen LogP contribution in [0.15, 0.2) is 18.6 Å². The number of aryl methyl sites for hydroxylation is 1. The summed E-state index contributed by atoms with van der Waals surface area (Å²) in [5.41, 5.74) is 3.55. The van der Waals surface area contributed by atoms with Gasteiger partial charge in [0.1, 0.15) is 0 Å². The molecule has 0 aliphatic heterocycles. The Morgan fingerprint density at radius 2 is 2.00 bits per heavy atom. The van der Waals surface area contributed by atoms with E-state index in [2.05, 4.69) is 36.1 Å². The van der Waals surface area contributed by atoms with Gasteiger partial charge in [-0.2, -0.15) is 10.2 Å². The summed E-state index contributed by atoms with van der Waals surface area (Å²) < 4.78 is 1.93. The van der Waals surface area contributed by atoms with Crippen molar-refractivity contribution in [3.05, 3.63) is 24.3 Å². The van der Waals surface area contributed by atoms with E-state index in [1.54, 1.807) is 0 Å². The molecule has 0 saturated heterocycles. The average molecular weight is 204 g/mol. The summed E-state index contributed by atoms with van der Waals surface area (Å²) in [6.07, 6.45) is 5.62. The van der Waals surface area contributed by atoms with Crippen molar-refractivity contribution in [3.63, 3.8) is 0 Å². The van der Waals surface area contributed by atoms with E-state index in [0.29, 0.717) is 0 Å². The minimum Gasteiger partial charge on any atom is -0.285 e. The number of hydrogen-bond donors (Lipinski definition) is 1. The number of nitrogens with zero attached hydrogens (tertiary/aromatic N) is 3. The van der Waals surface area contributed by atoms with Crippen LogP contribution in [0.5, 0.6) is 0 Å². The molecule has 0 aromatic carbocycles. The summed E-state index contributed by atoms with van der Waals surface area (Å²) in [5, 5.41) is 11.1. The highest BCUT2D eigenvalue weighted by Crippen LogP contribution is 2.31. The molecule has 0 aliphatic rings. The Bertz CT molecular complexity index is 445. The Kier molecular flexibility index (Phi) is 2.14. The van der Waals surface area contributed by atoms with E-state index >= 15 is 0 Å². The van der Waals surface area contributed by atoms with Gasteiger partial charge in [-0.1, -0.05) is 20.8 Å². The molecule has 0 aliphatic carbocycles. The first-order chi connectivity index (χ1) is 7.00. The van der Waals surface area contributed by atoms with Gasteiger partial charge in [-0.25, -0.2) is 0 Å². The first-order valence-electron chi connectivity index (χ1n) is 5.02. The van der Waals surface area contributed by atoms with Gasteiger partial charge < -0.3 is 0 Å². The van der Waals surface area contributed by atoms with Gasteiger partial charge in [0, 0.05) is 29.8 Å². The highest BCUT2D eigenvalue weighted by Gasteiger charge is 2.23. The minimum absolute atomic E-state index is 0.0812. The molecule has 0 radical (unpaired) electrons. The minimum atomic E-state index is 0.0812. The van der Waals surface area contributed by atoms with Crippen LogP contribution >= 0.6 is 0 Å². The summed E-state index contributed by atoms with van der Waals surface area (Å²) in [5.74, 6) is 0. The van der Waals surface area contributed by atoms with Gasteiger partial charge in [-0.15, -0.1) is 0 Å². The predicted molar refractivity (Wildman–Crippen MR) is 59.5 cm³/mol. The third kappa shape index (κ3) is 1.67. The molecular weight excluding hydrogens is 188 g/mol. The monoisotopic (exact) mass is 204 g/mol. The zero-order valence-electron chi connectivity index (χ0n) is 9.57. The SMILES string of the molecule is Cn1ncc(-c2cn[nH]c2)c1C(C)(C)C. The maximum absolute atomic E-state index is 4.31. The highest BCUT2D eigenvalue weighted by atomic mass is 15.3. The second-order valence-corrected chi connectivity index (χ2v) is 4.77. The smallest absolute Gasteiger partial charge is 0.0572 e. The molecule has 0 atom stereocenters. The molecule has 80 valence electrons.